The van der Waals surface area contributed by atoms with Crippen LogP contribution in [0.1, 0.15) is 57.1 Å². The van der Waals surface area contributed by atoms with Gasteiger partial charge in [0, 0.05) is 24.7 Å². The Morgan fingerprint density at radius 3 is 2.43 bits per heavy atom. The SMILES string of the molecule is CCC1CCC(C)N1Cc1ccc(CCNC2CC2)cc1. The van der Waals surface area contributed by atoms with Crippen LogP contribution in [0.15, 0.2) is 24.3 Å². The molecule has 21 heavy (non-hydrogen) atoms. The molecule has 1 aromatic carbocycles. The molecule has 1 aliphatic carbocycles. The molecule has 0 spiro atoms. The first-order chi connectivity index (χ1) is 10.3. The van der Waals surface area contributed by atoms with E-state index in [1.54, 1.807) is 0 Å². The molecule has 1 heterocycles. The van der Waals surface area contributed by atoms with Crippen LogP contribution >= 0.6 is 0 Å². The van der Waals surface area contributed by atoms with Gasteiger partial charge in [-0.1, -0.05) is 31.2 Å². The van der Waals surface area contributed by atoms with Crippen molar-refractivity contribution < 1.29 is 0 Å². The minimum Gasteiger partial charge on any atom is -0.314 e. The fraction of sp³-hybridized carbons (Fsp3) is 0.684. The van der Waals surface area contributed by atoms with E-state index in [1.165, 1.54) is 43.2 Å². The lowest BCUT2D eigenvalue weighted by Gasteiger charge is -2.27. The van der Waals surface area contributed by atoms with E-state index in [1.807, 2.05) is 0 Å². The van der Waals surface area contributed by atoms with Crippen LogP contribution in [-0.4, -0.2) is 29.6 Å². The van der Waals surface area contributed by atoms with E-state index in [-0.39, 0.29) is 0 Å². The number of likely N-dealkylation sites (tertiary alicyclic amines) is 1. The summed E-state index contributed by atoms with van der Waals surface area (Å²) >= 11 is 0. The van der Waals surface area contributed by atoms with Crippen LogP contribution in [0.4, 0.5) is 0 Å². The third kappa shape index (κ3) is 4.08. The van der Waals surface area contributed by atoms with Gasteiger partial charge in [-0.2, -0.15) is 0 Å². The van der Waals surface area contributed by atoms with Gasteiger partial charge in [-0.25, -0.2) is 0 Å². The van der Waals surface area contributed by atoms with E-state index in [4.69, 9.17) is 0 Å². The minimum absolute atomic E-state index is 0.748. The number of hydrogen-bond acceptors (Lipinski definition) is 2. The van der Waals surface area contributed by atoms with Crippen molar-refractivity contribution in [3.63, 3.8) is 0 Å². The highest BCUT2D eigenvalue weighted by atomic mass is 15.2. The Morgan fingerprint density at radius 2 is 1.76 bits per heavy atom. The smallest absolute Gasteiger partial charge is 0.0239 e. The van der Waals surface area contributed by atoms with Crippen molar-refractivity contribution in [2.75, 3.05) is 6.54 Å². The third-order valence-corrected chi connectivity index (χ3v) is 5.24. The van der Waals surface area contributed by atoms with Gasteiger partial charge in [0.2, 0.25) is 0 Å². The first-order valence-corrected chi connectivity index (χ1v) is 8.83. The van der Waals surface area contributed by atoms with E-state index < -0.39 is 0 Å². The quantitative estimate of drug-likeness (QED) is 0.821. The average Bonchev–Trinajstić information content (AvgIpc) is 3.26. The van der Waals surface area contributed by atoms with E-state index in [2.05, 4.69) is 48.3 Å². The van der Waals surface area contributed by atoms with Crippen molar-refractivity contribution in [1.82, 2.24) is 10.2 Å². The summed E-state index contributed by atoms with van der Waals surface area (Å²) in [7, 11) is 0. The van der Waals surface area contributed by atoms with Gasteiger partial charge in [0.25, 0.3) is 0 Å². The van der Waals surface area contributed by atoms with Crippen molar-refractivity contribution in [3.8, 4) is 0 Å². The molecule has 0 amide bonds. The van der Waals surface area contributed by atoms with Crippen molar-refractivity contribution in [2.24, 2.45) is 0 Å². The molecular weight excluding hydrogens is 256 g/mol. The summed E-state index contributed by atoms with van der Waals surface area (Å²) in [5.41, 5.74) is 2.94. The minimum atomic E-state index is 0.748. The maximum Gasteiger partial charge on any atom is 0.0239 e. The zero-order chi connectivity index (χ0) is 14.7. The standard InChI is InChI=1S/C19H30N2/c1-3-19-11-4-15(2)21(19)14-17-7-5-16(6-8-17)12-13-20-18-9-10-18/h5-8,15,18-20H,3-4,9-14H2,1-2H3. The largest absolute Gasteiger partial charge is 0.314 e. The summed E-state index contributed by atoms with van der Waals surface area (Å²) in [6, 6.07) is 11.7. The van der Waals surface area contributed by atoms with Gasteiger partial charge >= 0.3 is 0 Å². The zero-order valence-corrected chi connectivity index (χ0v) is 13.6. The molecule has 1 aromatic rings. The van der Waals surface area contributed by atoms with E-state index in [0.29, 0.717) is 0 Å². The molecule has 0 aromatic heterocycles. The lowest BCUT2D eigenvalue weighted by Crippen LogP contribution is -2.33. The van der Waals surface area contributed by atoms with E-state index in [0.717, 1.165) is 37.6 Å². The van der Waals surface area contributed by atoms with Gasteiger partial charge in [0.05, 0.1) is 0 Å². The lowest BCUT2D eigenvalue weighted by atomic mass is 10.1. The molecule has 2 nitrogen and oxygen atoms in total. The number of nitrogens with one attached hydrogen (secondary N) is 1. The molecule has 116 valence electrons. The first kappa shape index (κ1) is 15.1. The van der Waals surface area contributed by atoms with Gasteiger partial charge in [-0.05, 0) is 63.1 Å². The second kappa shape index (κ2) is 6.93. The Bertz CT molecular complexity index is 435. The normalized spacial score (nSPS) is 26.4. The molecule has 2 heteroatoms. The van der Waals surface area contributed by atoms with Gasteiger partial charge in [-0.3, -0.25) is 4.90 Å². The number of nitrogens with zero attached hydrogens (tertiary/aromatic N) is 1. The molecule has 2 atom stereocenters. The highest BCUT2D eigenvalue weighted by molar-refractivity contribution is 5.23. The molecule has 3 rings (SSSR count). The zero-order valence-electron chi connectivity index (χ0n) is 13.6. The van der Waals surface area contributed by atoms with Gasteiger partial charge in [-0.15, -0.1) is 0 Å². The lowest BCUT2D eigenvalue weighted by molar-refractivity contribution is 0.189. The Morgan fingerprint density at radius 1 is 1.05 bits per heavy atom. The molecule has 2 unspecified atom stereocenters. The summed E-state index contributed by atoms with van der Waals surface area (Å²) < 4.78 is 0. The molecule has 1 N–H and O–H groups in total. The van der Waals surface area contributed by atoms with Crippen LogP contribution in [0.2, 0.25) is 0 Å². The van der Waals surface area contributed by atoms with Crippen LogP contribution in [0, 0.1) is 0 Å². The summed E-state index contributed by atoms with van der Waals surface area (Å²) in [5.74, 6) is 0. The summed E-state index contributed by atoms with van der Waals surface area (Å²) in [4.78, 5) is 2.70. The molecule has 2 aliphatic rings. The Labute approximate surface area is 129 Å². The van der Waals surface area contributed by atoms with Crippen LogP contribution < -0.4 is 5.32 Å². The Kier molecular flexibility index (Phi) is 4.97. The predicted octanol–water partition coefficient (Wildman–Crippen LogP) is 3.74. The van der Waals surface area contributed by atoms with Crippen LogP contribution in [0.25, 0.3) is 0 Å². The van der Waals surface area contributed by atoms with E-state index >= 15 is 0 Å². The number of hydrogen-bond donors (Lipinski definition) is 1. The summed E-state index contributed by atoms with van der Waals surface area (Å²) in [6.07, 6.45) is 7.95. The Balaban J connectivity index is 1.51. The molecule has 2 fully saturated rings. The first-order valence-electron chi connectivity index (χ1n) is 8.83. The number of rotatable bonds is 7. The second-order valence-electron chi connectivity index (χ2n) is 6.96. The molecule has 1 saturated heterocycles. The molecule has 1 saturated carbocycles. The predicted molar refractivity (Wildman–Crippen MR) is 89.5 cm³/mol. The molecule has 1 aliphatic heterocycles. The fourth-order valence-corrected chi connectivity index (χ4v) is 3.58. The van der Waals surface area contributed by atoms with Gasteiger partial charge < -0.3 is 5.32 Å². The second-order valence-corrected chi connectivity index (χ2v) is 6.96. The summed E-state index contributed by atoms with van der Waals surface area (Å²) in [5, 5.41) is 3.59. The fourth-order valence-electron chi connectivity index (χ4n) is 3.58. The topological polar surface area (TPSA) is 15.3 Å². The highest BCUT2D eigenvalue weighted by Gasteiger charge is 2.28. The molecule has 0 radical (unpaired) electrons. The average molecular weight is 286 g/mol. The van der Waals surface area contributed by atoms with Crippen molar-refractivity contribution in [1.29, 1.82) is 0 Å². The summed E-state index contributed by atoms with van der Waals surface area (Å²) in [6.45, 7) is 6.96. The maximum absolute atomic E-state index is 3.59. The van der Waals surface area contributed by atoms with Crippen LogP contribution in [0.5, 0.6) is 0 Å². The van der Waals surface area contributed by atoms with E-state index in [9.17, 15) is 0 Å². The van der Waals surface area contributed by atoms with Crippen molar-refractivity contribution >= 4 is 0 Å². The monoisotopic (exact) mass is 286 g/mol. The Hall–Kier alpha value is -0.860. The highest BCUT2D eigenvalue weighted by Crippen LogP contribution is 2.27. The van der Waals surface area contributed by atoms with Crippen molar-refractivity contribution in [2.45, 2.75) is 77.0 Å². The number of benzene rings is 1. The molecular formula is C19H30N2. The van der Waals surface area contributed by atoms with Crippen LogP contribution in [0.3, 0.4) is 0 Å². The van der Waals surface area contributed by atoms with Crippen LogP contribution in [-0.2, 0) is 13.0 Å². The van der Waals surface area contributed by atoms with Crippen molar-refractivity contribution in [3.05, 3.63) is 35.4 Å². The van der Waals surface area contributed by atoms with Gasteiger partial charge in [0.1, 0.15) is 0 Å². The third-order valence-electron chi connectivity index (χ3n) is 5.24. The maximum atomic E-state index is 3.59. The van der Waals surface area contributed by atoms with Gasteiger partial charge in [0.15, 0.2) is 0 Å². The molecule has 0 bridgehead atoms.